The van der Waals surface area contributed by atoms with Crippen LogP contribution in [0.1, 0.15) is 24.8 Å². The second-order valence-corrected chi connectivity index (χ2v) is 12.0. The minimum absolute atomic E-state index is 0.0940. The summed E-state index contributed by atoms with van der Waals surface area (Å²) in [6, 6.07) is 28.3. The van der Waals surface area contributed by atoms with Gasteiger partial charge in [-0.05, 0) is 59.7 Å². The largest absolute Gasteiger partial charge is 0.755 e. The number of benzene rings is 3. The van der Waals surface area contributed by atoms with E-state index in [1.807, 2.05) is 78.2 Å². The van der Waals surface area contributed by atoms with Crippen molar-refractivity contribution in [2.75, 3.05) is 34.6 Å². The van der Waals surface area contributed by atoms with Crippen LogP contribution in [0.2, 0.25) is 0 Å². The van der Waals surface area contributed by atoms with Crippen molar-refractivity contribution >= 4 is 51.0 Å². The van der Waals surface area contributed by atoms with E-state index in [2.05, 4.69) is 15.5 Å². The molecule has 1 aliphatic rings. The molecular weight excluding hydrogens is 585 g/mol. The van der Waals surface area contributed by atoms with Gasteiger partial charge in [0.05, 0.1) is 12.2 Å². The minimum Gasteiger partial charge on any atom is -0.755 e. The number of para-hydroxylation sites is 1. The van der Waals surface area contributed by atoms with Gasteiger partial charge in [-0.1, -0.05) is 60.7 Å². The number of hydrogen-bond acceptors (Lipinski definition) is 7. The Morgan fingerprint density at radius 2 is 1.65 bits per heavy atom. The van der Waals surface area contributed by atoms with Gasteiger partial charge >= 0.3 is 6.09 Å². The average molecular weight is 618 g/mol. The Kier molecular flexibility index (Phi) is 10.6. The summed E-state index contributed by atoms with van der Waals surface area (Å²) in [6.45, 7) is 2.30. The highest BCUT2D eigenvalue weighted by molar-refractivity contribution is 7.80. The summed E-state index contributed by atoms with van der Waals surface area (Å²) in [6.07, 6.45) is 1.10. The van der Waals surface area contributed by atoms with Crippen molar-refractivity contribution in [3.63, 3.8) is 0 Å². The van der Waals surface area contributed by atoms with E-state index in [-0.39, 0.29) is 18.6 Å². The Balaban J connectivity index is 1.02. The lowest BCUT2D eigenvalue weighted by atomic mass is 10.0. The van der Waals surface area contributed by atoms with Crippen LogP contribution in [0.4, 0.5) is 21.2 Å². The van der Waals surface area contributed by atoms with Gasteiger partial charge in [0.1, 0.15) is 11.1 Å². The van der Waals surface area contributed by atoms with Crippen molar-refractivity contribution in [1.82, 2.24) is 4.90 Å². The van der Waals surface area contributed by atoms with Crippen LogP contribution in [-0.4, -0.2) is 51.4 Å². The predicted octanol–water partition coefficient (Wildman–Crippen LogP) is 6.26. The molecule has 0 bridgehead atoms. The van der Waals surface area contributed by atoms with Crippen LogP contribution in [0.3, 0.4) is 0 Å². The Hall–Kier alpha value is -4.03. The first kappa shape index (κ1) is 30.4. The molecule has 1 aromatic heterocycles. The third-order valence-corrected chi connectivity index (χ3v) is 8.90. The van der Waals surface area contributed by atoms with E-state index < -0.39 is 17.4 Å². The maximum atomic E-state index is 12.7. The molecule has 2 heterocycles. The van der Waals surface area contributed by atoms with Crippen LogP contribution in [0.25, 0.3) is 11.1 Å². The normalized spacial score (nSPS) is 14.5. The summed E-state index contributed by atoms with van der Waals surface area (Å²) in [5, 5.41) is 8.29. The third kappa shape index (κ3) is 8.74. The number of likely N-dealkylation sites (tertiary alicyclic amines) is 1. The van der Waals surface area contributed by atoms with Crippen molar-refractivity contribution in [1.29, 1.82) is 0 Å². The van der Waals surface area contributed by atoms with Gasteiger partial charge in [-0.25, -0.2) is 4.79 Å². The van der Waals surface area contributed by atoms with Crippen LogP contribution in [0.5, 0.6) is 0 Å². The summed E-state index contributed by atoms with van der Waals surface area (Å²) < 4.78 is 30.3. The number of hydrogen-bond donors (Lipinski definition) is 2. The number of piperidine rings is 1. The first-order valence-electron chi connectivity index (χ1n) is 14.1. The van der Waals surface area contributed by atoms with E-state index >= 15 is 0 Å². The number of nitrogens with zero attached hydrogens (tertiary/aromatic N) is 2. The van der Waals surface area contributed by atoms with Gasteiger partial charge in [-0.15, -0.1) is 11.3 Å². The predicted molar refractivity (Wildman–Crippen MR) is 171 cm³/mol. The number of carbonyl (C=O) groups is 2. The number of carbonyl (C=O) groups excluding carboxylic acids is 2. The van der Waals surface area contributed by atoms with Crippen LogP contribution >= 0.6 is 11.3 Å². The summed E-state index contributed by atoms with van der Waals surface area (Å²) in [5.41, 5.74) is 4.13. The molecule has 0 radical (unpaired) electrons. The first-order valence-corrected chi connectivity index (χ1v) is 16.0. The molecule has 0 saturated carbocycles. The lowest BCUT2D eigenvalue weighted by Gasteiger charge is -2.31. The standard InChI is InChI=1S/C32H34N4O5S2/c37-30(33-26-14-12-24(13-15-26)23-36(43(39)40)31-11-6-22-42-31)18-21-35-19-16-27(17-20-35)41-32(38)34-29-10-5-4-9-28(29)25-7-2-1-3-8-25/h1-15,22,27H,16-21,23H2,(H,33,37)(H,34,38)(H,39,40)/p-1. The maximum absolute atomic E-state index is 12.7. The van der Waals surface area contributed by atoms with E-state index in [4.69, 9.17) is 4.74 Å². The molecule has 9 nitrogen and oxygen atoms in total. The molecule has 2 amide bonds. The highest BCUT2D eigenvalue weighted by atomic mass is 32.2. The van der Waals surface area contributed by atoms with Gasteiger partial charge < -0.3 is 19.5 Å². The van der Waals surface area contributed by atoms with Gasteiger partial charge in [-0.3, -0.25) is 18.6 Å². The van der Waals surface area contributed by atoms with Gasteiger partial charge in [0.2, 0.25) is 5.91 Å². The number of rotatable bonds is 11. The maximum Gasteiger partial charge on any atom is 0.411 e. The van der Waals surface area contributed by atoms with Crippen molar-refractivity contribution < 1.29 is 23.1 Å². The highest BCUT2D eigenvalue weighted by Gasteiger charge is 2.23. The molecule has 2 N–H and O–H groups in total. The minimum atomic E-state index is -2.38. The van der Waals surface area contributed by atoms with Crippen molar-refractivity contribution in [3.05, 3.63) is 102 Å². The van der Waals surface area contributed by atoms with Gasteiger partial charge in [0.15, 0.2) is 0 Å². The second-order valence-electron chi connectivity index (χ2n) is 10.2. The molecule has 1 aliphatic heterocycles. The zero-order valence-corrected chi connectivity index (χ0v) is 25.1. The first-order chi connectivity index (χ1) is 20.9. The van der Waals surface area contributed by atoms with E-state index in [9.17, 15) is 18.4 Å². The van der Waals surface area contributed by atoms with Crippen molar-refractivity contribution in [2.45, 2.75) is 31.9 Å². The molecule has 1 atom stereocenters. The molecular formula is C32H33N4O5S2-. The molecule has 5 rings (SSSR count). The lowest BCUT2D eigenvalue weighted by molar-refractivity contribution is -0.116. The molecule has 4 aromatic rings. The van der Waals surface area contributed by atoms with E-state index in [1.165, 1.54) is 15.6 Å². The van der Waals surface area contributed by atoms with Crippen LogP contribution < -0.4 is 14.9 Å². The van der Waals surface area contributed by atoms with E-state index in [0.29, 0.717) is 42.2 Å². The van der Waals surface area contributed by atoms with Crippen molar-refractivity contribution in [3.8, 4) is 11.1 Å². The Bertz CT molecular complexity index is 1510. The number of amides is 2. The quantitative estimate of drug-likeness (QED) is 0.192. The van der Waals surface area contributed by atoms with Crippen molar-refractivity contribution in [2.24, 2.45) is 0 Å². The number of ether oxygens (including phenoxy) is 1. The molecule has 1 saturated heterocycles. The molecule has 1 fully saturated rings. The van der Waals surface area contributed by atoms with Gasteiger partial charge in [0, 0.05) is 48.6 Å². The van der Waals surface area contributed by atoms with Gasteiger partial charge in [0.25, 0.3) is 0 Å². The molecule has 3 aromatic carbocycles. The molecule has 224 valence electrons. The number of nitrogens with one attached hydrogen (secondary N) is 2. The zero-order chi connectivity index (χ0) is 30.0. The van der Waals surface area contributed by atoms with E-state index in [0.717, 1.165) is 29.8 Å². The molecule has 11 heteroatoms. The summed E-state index contributed by atoms with van der Waals surface area (Å²) in [5.74, 6) is -0.0940. The summed E-state index contributed by atoms with van der Waals surface area (Å²) in [4.78, 5) is 27.4. The topological polar surface area (TPSA) is 114 Å². The Morgan fingerprint density at radius 3 is 2.35 bits per heavy atom. The fourth-order valence-corrected chi connectivity index (χ4v) is 6.37. The molecule has 43 heavy (non-hydrogen) atoms. The fourth-order valence-electron chi connectivity index (χ4n) is 4.96. The van der Waals surface area contributed by atoms with Crippen LogP contribution in [0, 0.1) is 0 Å². The SMILES string of the molecule is O=C(CCN1CCC(OC(=O)Nc2ccccc2-c2ccccc2)CC1)Nc1ccc(CN(c2cccs2)S(=O)[O-])cc1. The molecule has 0 aliphatic carbocycles. The van der Waals surface area contributed by atoms with Crippen LogP contribution in [-0.2, 0) is 27.3 Å². The zero-order valence-electron chi connectivity index (χ0n) is 23.5. The summed E-state index contributed by atoms with van der Waals surface area (Å²) >= 11 is -1.03. The van der Waals surface area contributed by atoms with Gasteiger partial charge in [-0.2, -0.15) is 0 Å². The third-order valence-electron chi connectivity index (χ3n) is 7.21. The number of anilines is 3. The fraction of sp³-hybridized carbons (Fsp3) is 0.250. The highest BCUT2D eigenvalue weighted by Crippen LogP contribution is 2.28. The van der Waals surface area contributed by atoms with E-state index in [1.54, 1.807) is 18.2 Å². The molecule has 1 unspecified atom stereocenters. The second kappa shape index (κ2) is 14.9. The van der Waals surface area contributed by atoms with Crippen LogP contribution in [0.15, 0.2) is 96.4 Å². The number of thiophene rings is 1. The smallest absolute Gasteiger partial charge is 0.411 e. The molecule has 0 spiro atoms. The monoisotopic (exact) mass is 617 g/mol. The lowest BCUT2D eigenvalue weighted by Crippen LogP contribution is -2.39. The average Bonchev–Trinajstić information content (AvgIpc) is 3.56. The Labute approximate surface area is 257 Å². The summed E-state index contributed by atoms with van der Waals surface area (Å²) in [7, 11) is 0. The Morgan fingerprint density at radius 1 is 0.930 bits per heavy atom.